The molecule has 0 aliphatic heterocycles. The predicted molar refractivity (Wildman–Crippen MR) is 299 cm³/mol. The molecule has 0 aliphatic rings. The largest absolute Gasteiger partial charge is 0.386 e. The molecule has 0 aromatic carbocycles. The van der Waals surface area contributed by atoms with Crippen LogP contribution in [0.2, 0.25) is 0 Å². The number of carbonyl (C=O) groups excluding carboxylic acids is 2. The van der Waals surface area contributed by atoms with Crippen molar-refractivity contribution in [3.8, 4) is 0 Å². The maximum Gasteiger partial charge on any atom is 0.152 e. The van der Waals surface area contributed by atoms with Crippen molar-refractivity contribution in [2.75, 3.05) is 40.3 Å². The van der Waals surface area contributed by atoms with Crippen LogP contribution in [0.3, 0.4) is 0 Å². The molecule has 3 atom stereocenters. The van der Waals surface area contributed by atoms with Gasteiger partial charge in [0.2, 0.25) is 0 Å². The van der Waals surface area contributed by atoms with E-state index in [1.807, 2.05) is 34.7 Å². The van der Waals surface area contributed by atoms with Gasteiger partial charge in [-0.05, 0) is 136 Å². The standard InChI is InChI=1S/C14H29N3O.C14H31N3.C14H30N2.C13H27N3O/c1-10(2)14(18)13(17(6)11(3)4)8-7-9-16-12(5)15;1-11(2)10-14(17(6)12(3)4)8-7-9-16-13(5)15;1-11(2)9-14(10-12(3)4)7-6-8-16-13(5)15;1-9(2)13(17)12(16-10(3)4)7-6-8-15-11(5)14/h10-11,13,16H,5,7-9,15H2,1-4,6H3;11-12,14,16H,5,7-10,15H2,1-4,6H3;11-12,14,16H,5-10,15H2,1-4H3;9-10,12,15-16H,5-8,14H2,1-4H3/t13-;14-;;12-/m00.0/s1. The molecule has 68 heavy (non-hydrogen) atoms. The fourth-order valence-electron chi connectivity index (χ4n) is 7.85. The summed E-state index contributed by atoms with van der Waals surface area (Å²) in [6, 6.07) is 1.91. The third-order valence-corrected chi connectivity index (χ3v) is 11.6. The van der Waals surface area contributed by atoms with Crippen LogP contribution >= 0.6 is 0 Å². The fourth-order valence-corrected chi connectivity index (χ4v) is 7.85. The van der Waals surface area contributed by atoms with E-state index in [2.05, 4.69) is 153 Å². The highest BCUT2D eigenvalue weighted by molar-refractivity contribution is 5.86. The van der Waals surface area contributed by atoms with Crippen LogP contribution in [-0.4, -0.2) is 97.9 Å². The van der Waals surface area contributed by atoms with Crippen molar-refractivity contribution in [1.29, 1.82) is 0 Å². The molecular formula is C55H117N11O2. The Hall–Kier alpha value is -3.42. The zero-order valence-corrected chi connectivity index (χ0v) is 47.9. The minimum Gasteiger partial charge on any atom is -0.386 e. The summed E-state index contributed by atoms with van der Waals surface area (Å²) in [6.07, 6.45) is 12.3. The molecule has 0 aliphatic carbocycles. The summed E-state index contributed by atoms with van der Waals surface area (Å²) < 4.78 is 0. The highest BCUT2D eigenvalue weighted by Crippen LogP contribution is 2.24. The van der Waals surface area contributed by atoms with Crippen molar-refractivity contribution in [3.63, 3.8) is 0 Å². The third kappa shape index (κ3) is 45.0. The van der Waals surface area contributed by atoms with Gasteiger partial charge in [-0.2, -0.15) is 0 Å². The van der Waals surface area contributed by atoms with Gasteiger partial charge in [0.15, 0.2) is 11.6 Å². The van der Waals surface area contributed by atoms with Gasteiger partial charge >= 0.3 is 0 Å². The Morgan fingerprint density at radius 3 is 1.10 bits per heavy atom. The van der Waals surface area contributed by atoms with E-state index < -0.39 is 0 Å². The van der Waals surface area contributed by atoms with E-state index in [0.29, 0.717) is 53.2 Å². The van der Waals surface area contributed by atoms with Crippen LogP contribution in [0.4, 0.5) is 0 Å². The van der Waals surface area contributed by atoms with Crippen LogP contribution in [-0.2, 0) is 9.59 Å². The van der Waals surface area contributed by atoms with E-state index in [4.69, 9.17) is 22.9 Å². The lowest BCUT2D eigenvalue weighted by Gasteiger charge is -2.32. The maximum absolute atomic E-state index is 12.2. The van der Waals surface area contributed by atoms with Crippen molar-refractivity contribution >= 4 is 11.6 Å². The Kier molecular flexibility index (Phi) is 44.4. The average molecular weight is 965 g/mol. The third-order valence-electron chi connectivity index (χ3n) is 11.6. The van der Waals surface area contributed by atoms with Gasteiger partial charge in [-0.3, -0.25) is 14.5 Å². The van der Waals surface area contributed by atoms with Gasteiger partial charge in [0.1, 0.15) is 0 Å². The Labute approximate surface area is 422 Å². The number of ketones is 2. The first-order chi connectivity index (χ1) is 31.4. The Bertz CT molecular complexity index is 1300. The second-order valence-electron chi connectivity index (χ2n) is 21.8. The molecule has 13 N–H and O–H groups in total. The SMILES string of the molecule is C=C(N)NCCCC(CC(C)C)CC(C)C.C=C(N)NCCC[C@@H](C(=O)C(C)C)N(C)C(C)C.C=C(N)NCCC[C@@H](CC(C)C)N(C)C(C)C.C=C(N)NCCC[C@H](NC(C)C)C(=O)C(C)C. The van der Waals surface area contributed by atoms with Gasteiger partial charge < -0.3 is 54.4 Å². The highest BCUT2D eigenvalue weighted by atomic mass is 16.1. The monoisotopic (exact) mass is 964 g/mol. The lowest BCUT2D eigenvalue weighted by molar-refractivity contribution is -0.127. The van der Waals surface area contributed by atoms with Gasteiger partial charge in [-0.25, -0.2) is 0 Å². The molecule has 0 radical (unpaired) electrons. The molecular weight excluding hydrogens is 847 g/mol. The second kappa shape index (κ2) is 42.5. The summed E-state index contributed by atoms with van der Waals surface area (Å²) in [7, 11) is 4.25. The fraction of sp³-hybridized carbons (Fsp3) is 0.818. The number of hydrogen-bond donors (Lipinski definition) is 9. The number of nitrogens with two attached hydrogens (primary N) is 4. The molecule has 0 aromatic rings. The van der Waals surface area contributed by atoms with Gasteiger partial charge in [0, 0.05) is 62.2 Å². The predicted octanol–water partition coefficient (Wildman–Crippen LogP) is 9.13. The summed E-state index contributed by atoms with van der Waals surface area (Å²) in [4.78, 5) is 28.8. The molecule has 0 aromatic heterocycles. The molecule has 13 heteroatoms. The lowest BCUT2D eigenvalue weighted by Crippen LogP contribution is -2.44. The summed E-state index contributed by atoms with van der Waals surface area (Å²) >= 11 is 0. The molecule has 0 spiro atoms. The first kappa shape index (κ1) is 71.1. The van der Waals surface area contributed by atoms with E-state index in [1.165, 1.54) is 38.5 Å². The van der Waals surface area contributed by atoms with Crippen LogP contribution in [0.15, 0.2) is 49.6 Å². The smallest absolute Gasteiger partial charge is 0.152 e. The minimum atomic E-state index is -0.0529. The van der Waals surface area contributed by atoms with Crippen LogP contribution < -0.4 is 49.5 Å². The lowest BCUT2D eigenvalue weighted by atomic mass is 9.86. The zero-order valence-electron chi connectivity index (χ0n) is 47.9. The van der Waals surface area contributed by atoms with Crippen molar-refractivity contribution in [2.24, 2.45) is 58.4 Å². The first-order valence-corrected chi connectivity index (χ1v) is 26.4. The normalized spacial score (nSPS) is 12.7. The topological polar surface area (TPSA) is 205 Å². The van der Waals surface area contributed by atoms with Crippen molar-refractivity contribution in [2.45, 2.75) is 218 Å². The van der Waals surface area contributed by atoms with E-state index in [-0.39, 0.29) is 29.7 Å². The van der Waals surface area contributed by atoms with Gasteiger partial charge in [-0.15, -0.1) is 0 Å². The maximum atomic E-state index is 12.2. The van der Waals surface area contributed by atoms with E-state index in [0.717, 1.165) is 82.0 Å². The quantitative estimate of drug-likeness (QED) is 0.0269. The number of likely N-dealkylation sites (N-methyl/N-ethyl adjacent to an activating group) is 1. The second-order valence-corrected chi connectivity index (χ2v) is 21.8. The zero-order chi connectivity index (χ0) is 53.7. The number of hydrogen-bond acceptors (Lipinski definition) is 13. The molecule has 13 nitrogen and oxygen atoms in total. The highest BCUT2D eigenvalue weighted by Gasteiger charge is 2.26. The molecule has 0 bridgehead atoms. The number of Topliss-reactive ketones (excluding diaryl/α,β-unsaturated/α-hetero) is 2. The molecule has 0 fully saturated rings. The summed E-state index contributed by atoms with van der Waals surface area (Å²) in [5.41, 5.74) is 21.8. The average Bonchev–Trinajstić information content (AvgIpc) is 3.20. The van der Waals surface area contributed by atoms with Crippen molar-refractivity contribution < 1.29 is 9.59 Å². The van der Waals surface area contributed by atoms with Gasteiger partial charge in [0.25, 0.3) is 0 Å². The van der Waals surface area contributed by atoms with Crippen molar-refractivity contribution in [3.05, 3.63) is 49.6 Å². The molecule has 404 valence electrons. The molecule has 0 rings (SSSR count). The Balaban J connectivity index is -0.000000402. The van der Waals surface area contributed by atoms with Crippen molar-refractivity contribution in [1.82, 2.24) is 36.4 Å². The first-order valence-electron chi connectivity index (χ1n) is 26.4. The summed E-state index contributed by atoms with van der Waals surface area (Å²) in [5.74, 6) is 6.11. The Morgan fingerprint density at radius 2 is 0.794 bits per heavy atom. The Morgan fingerprint density at radius 1 is 0.456 bits per heavy atom. The van der Waals surface area contributed by atoms with Crippen LogP contribution in [0.1, 0.15) is 181 Å². The van der Waals surface area contributed by atoms with E-state index >= 15 is 0 Å². The van der Waals surface area contributed by atoms with E-state index in [9.17, 15) is 9.59 Å². The number of rotatable bonds is 36. The molecule has 0 heterocycles. The molecule has 0 amide bonds. The summed E-state index contributed by atoms with van der Waals surface area (Å²) in [5, 5.41) is 15.5. The number of nitrogens with zero attached hydrogens (tertiary/aromatic N) is 2. The van der Waals surface area contributed by atoms with Crippen LogP contribution in [0.25, 0.3) is 0 Å². The molecule has 0 saturated carbocycles. The van der Waals surface area contributed by atoms with Crippen LogP contribution in [0.5, 0.6) is 0 Å². The van der Waals surface area contributed by atoms with E-state index in [1.54, 1.807) is 0 Å². The van der Waals surface area contributed by atoms with Gasteiger partial charge in [0.05, 0.1) is 35.4 Å². The van der Waals surface area contributed by atoms with Gasteiger partial charge in [-0.1, -0.05) is 109 Å². The number of nitrogens with one attached hydrogen (secondary N) is 5. The molecule has 0 unspecified atom stereocenters. The number of carbonyl (C=O) groups is 2. The minimum absolute atomic E-state index is 0.00200. The van der Waals surface area contributed by atoms with Crippen LogP contribution in [0, 0.1) is 35.5 Å². The summed E-state index contributed by atoms with van der Waals surface area (Å²) in [6.45, 7) is 52.3. The molecule has 0 saturated heterocycles.